The van der Waals surface area contributed by atoms with E-state index in [1.165, 1.54) is 17.2 Å². The number of nitrogens with two attached hydrogens (primary N) is 1. The van der Waals surface area contributed by atoms with Crippen molar-refractivity contribution < 1.29 is 9.53 Å². The summed E-state index contributed by atoms with van der Waals surface area (Å²) in [4.78, 5) is 20.0. The van der Waals surface area contributed by atoms with Crippen molar-refractivity contribution in [1.82, 2.24) is 25.1 Å². The maximum Gasteiger partial charge on any atom is 0.256 e. The van der Waals surface area contributed by atoms with E-state index in [4.69, 9.17) is 10.5 Å². The van der Waals surface area contributed by atoms with E-state index >= 15 is 0 Å². The molecule has 0 aliphatic carbocycles. The van der Waals surface area contributed by atoms with Gasteiger partial charge in [0.15, 0.2) is 5.82 Å². The second kappa shape index (κ2) is 6.11. The Kier molecular flexibility index (Phi) is 4.26. The van der Waals surface area contributed by atoms with Gasteiger partial charge in [-0.05, 0) is 6.92 Å². The summed E-state index contributed by atoms with van der Waals surface area (Å²) in [5.41, 5.74) is 7.03. The van der Waals surface area contributed by atoms with Crippen LogP contribution < -0.4 is 11.1 Å². The van der Waals surface area contributed by atoms with Crippen LogP contribution >= 0.6 is 0 Å². The van der Waals surface area contributed by atoms with E-state index in [9.17, 15) is 4.79 Å². The minimum Gasteiger partial charge on any atom is -0.383 e. The van der Waals surface area contributed by atoms with Gasteiger partial charge in [-0.1, -0.05) is 0 Å². The van der Waals surface area contributed by atoms with Crippen molar-refractivity contribution in [3.63, 3.8) is 0 Å². The molecule has 3 N–H and O–H groups in total. The first kappa shape index (κ1) is 13.9. The topological polar surface area (TPSA) is 108 Å². The summed E-state index contributed by atoms with van der Waals surface area (Å²) < 4.78 is 6.26. The zero-order chi connectivity index (χ0) is 14.5. The van der Waals surface area contributed by atoms with Crippen molar-refractivity contribution in [2.75, 3.05) is 26.0 Å². The van der Waals surface area contributed by atoms with Gasteiger partial charge >= 0.3 is 0 Å². The van der Waals surface area contributed by atoms with Crippen LogP contribution in [0.1, 0.15) is 16.1 Å². The first-order valence-electron chi connectivity index (χ1n) is 6.03. The number of rotatable bonds is 5. The van der Waals surface area contributed by atoms with E-state index in [1.54, 1.807) is 13.2 Å². The molecule has 0 radical (unpaired) electrons. The van der Waals surface area contributed by atoms with Crippen LogP contribution in [-0.2, 0) is 4.74 Å². The van der Waals surface area contributed by atoms with E-state index in [2.05, 4.69) is 20.4 Å². The number of anilines is 1. The number of carbonyl (C=O) groups excluding carboxylic acids is 1. The predicted octanol–water partition coefficient (Wildman–Crippen LogP) is -0.0709. The van der Waals surface area contributed by atoms with Crippen molar-refractivity contribution >= 4 is 11.7 Å². The molecular formula is C12H16N6O2. The number of aryl methyl sites for hydroxylation is 1. The maximum atomic E-state index is 11.9. The van der Waals surface area contributed by atoms with Crippen LogP contribution in [0.3, 0.4) is 0 Å². The highest BCUT2D eigenvalue weighted by atomic mass is 16.5. The molecule has 8 nitrogen and oxygen atoms in total. The fourth-order valence-electron chi connectivity index (χ4n) is 1.63. The summed E-state index contributed by atoms with van der Waals surface area (Å²) >= 11 is 0. The van der Waals surface area contributed by atoms with Gasteiger partial charge in [0.2, 0.25) is 0 Å². The summed E-state index contributed by atoms with van der Waals surface area (Å²) in [5.74, 6) is 0.459. The number of nitrogens with one attached hydrogen (secondary N) is 1. The van der Waals surface area contributed by atoms with Crippen molar-refractivity contribution in [2.45, 2.75) is 6.92 Å². The van der Waals surface area contributed by atoms with Gasteiger partial charge in [0.05, 0.1) is 12.8 Å². The third-order valence-electron chi connectivity index (χ3n) is 2.65. The SMILES string of the molecule is COCCNC(=O)c1cnn(-c2cc(C)ncn2)c1N. The molecule has 0 saturated heterocycles. The highest BCUT2D eigenvalue weighted by Crippen LogP contribution is 2.15. The lowest BCUT2D eigenvalue weighted by atomic mass is 10.3. The van der Waals surface area contributed by atoms with E-state index < -0.39 is 0 Å². The van der Waals surface area contributed by atoms with E-state index in [-0.39, 0.29) is 11.7 Å². The summed E-state index contributed by atoms with van der Waals surface area (Å²) in [6, 6.07) is 1.73. The Bertz CT molecular complexity index is 610. The minimum atomic E-state index is -0.295. The Hall–Kier alpha value is -2.48. The van der Waals surface area contributed by atoms with Crippen LogP contribution in [0.4, 0.5) is 5.82 Å². The second-order valence-electron chi connectivity index (χ2n) is 4.12. The fraction of sp³-hybridized carbons (Fsp3) is 0.333. The van der Waals surface area contributed by atoms with E-state index in [0.717, 1.165) is 5.69 Å². The number of amides is 1. The molecule has 0 fully saturated rings. The Balaban J connectivity index is 2.21. The molecule has 2 rings (SSSR count). The number of nitrogen functional groups attached to an aromatic ring is 1. The zero-order valence-corrected chi connectivity index (χ0v) is 11.3. The third kappa shape index (κ3) is 2.91. The molecule has 0 bridgehead atoms. The number of carbonyl (C=O) groups is 1. The molecule has 0 unspecified atom stereocenters. The number of methoxy groups -OCH3 is 1. The van der Waals surface area contributed by atoms with Gasteiger partial charge in [-0.25, -0.2) is 9.97 Å². The Morgan fingerprint density at radius 2 is 2.30 bits per heavy atom. The van der Waals surface area contributed by atoms with Gasteiger partial charge in [0.25, 0.3) is 5.91 Å². The van der Waals surface area contributed by atoms with Crippen LogP contribution in [-0.4, -0.2) is 45.9 Å². The summed E-state index contributed by atoms with van der Waals surface area (Å²) in [6.07, 6.45) is 2.83. The van der Waals surface area contributed by atoms with Gasteiger partial charge in [-0.15, -0.1) is 0 Å². The molecule has 0 aliphatic heterocycles. The maximum absolute atomic E-state index is 11.9. The summed E-state index contributed by atoms with van der Waals surface area (Å²) in [6.45, 7) is 2.68. The monoisotopic (exact) mass is 276 g/mol. The lowest BCUT2D eigenvalue weighted by Gasteiger charge is -2.05. The van der Waals surface area contributed by atoms with E-state index in [0.29, 0.717) is 24.5 Å². The number of hydrogen-bond acceptors (Lipinski definition) is 6. The Labute approximate surface area is 116 Å². The molecule has 2 heterocycles. The molecular weight excluding hydrogens is 260 g/mol. The number of aromatic nitrogens is 4. The molecule has 1 amide bonds. The van der Waals surface area contributed by atoms with Crippen molar-refractivity contribution in [3.8, 4) is 5.82 Å². The Morgan fingerprint density at radius 1 is 1.50 bits per heavy atom. The van der Waals surface area contributed by atoms with Gasteiger partial charge in [-0.3, -0.25) is 4.79 Å². The lowest BCUT2D eigenvalue weighted by molar-refractivity contribution is 0.0938. The number of nitrogens with zero attached hydrogens (tertiary/aromatic N) is 4. The standard InChI is InChI=1S/C12H16N6O2/c1-8-5-10(16-7-15-8)18-11(13)9(6-17-18)12(19)14-3-4-20-2/h5-7H,3-4,13H2,1-2H3,(H,14,19). The van der Waals surface area contributed by atoms with Gasteiger partial charge in [-0.2, -0.15) is 9.78 Å². The first-order valence-corrected chi connectivity index (χ1v) is 6.03. The van der Waals surface area contributed by atoms with Crippen LogP contribution in [0.2, 0.25) is 0 Å². The molecule has 2 aromatic rings. The average molecular weight is 276 g/mol. The van der Waals surface area contributed by atoms with Gasteiger partial charge < -0.3 is 15.8 Å². The molecule has 0 atom stereocenters. The van der Waals surface area contributed by atoms with E-state index in [1.807, 2.05) is 6.92 Å². The largest absolute Gasteiger partial charge is 0.383 e. The Morgan fingerprint density at radius 3 is 3.00 bits per heavy atom. The second-order valence-corrected chi connectivity index (χ2v) is 4.12. The molecule has 0 saturated carbocycles. The zero-order valence-electron chi connectivity index (χ0n) is 11.3. The van der Waals surface area contributed by atoms with Crippen molar-refractivity contribution in [3.05, 3.63) is 29.8 Å². The average Bonchev–Trinajstić information content (AvgIpc) is 2.81. The minimum absolute atomic E-state index is 0.234. The molecule has 0 aliphatic rings. The van der Waals surface area contributed by atoms with Crippen LogP contribution in [0.15, 0.2) is 18.6 Å². The quantitative estimate of drug-likeness (QED) is 0.740. The van der Waals surface area contributed by atoms with Crippen molar-refractivity contribution in [1.29, 1.82) is 0 Å². The highest BCUT2D eigenvalue weighted by molar-refractivity contribution is 5.98. The molecule has 106 valence electrons. The van der Waals surface area contributed by atoms with Crippen LogP contribution in [0.25, 0.3) is 5.82 Å². The molecule has 0 aromatic carbocycles. The predicted molar refractivity (Wildman–Crippen MR) is 72.5 cm³/mol. The molecule has 0 spiro atoms. The molecule has 20 heavy (non-hydrogen) atoms. The number of hydrogen-bond donors (Lipinski definition) is 2. The summed E-state index contributed by atoms with van der Waals surface area (Å²) in [7, 11) is 1.57. The van der Waals surface area contributed by atoms with Crippen molar-refractivity contribution in [2.24, 2.45) is 0 Å². The van der Waals surface area contributed by atoms with Gasteiger partial charge in [0.1, 0.15) is 17.7 Å². The summed E-state index contributed by atoms with van der Waals surface area (Å²) in [5, 5.41) is 6.77. The first-order chi connectivity index (χ1) is 9.63. The normalized spacial score (nSPS) is 10.5. The number of ether oxygens (including phenoxy) is 1. The fourth-order valence-corrected chi connectivity index (χ4v) is 1.63. The molecule has 2 aromatic heterocycles. The smallest absolute Gasteiger partial charge is 0.256 e. The third-order valence-corrected chi connectivity index (χ3v) is 2.65. The van der Waals surface area contributed by atoms with Gasteiger partial charge in [0, 0.05) is 25.4 Å². The molecule has 8 heteroatoms. The van der Waals surface area contributed by atoms with Crippen LogP contribution in [0, 0.1) is 6.92 Å². The highest BCUT2D eigenvalue weighted by Gasteiger charge is 2.16. The lowest BCUT2D eigenvalue weighted by Crippen LogP contribution is -2.27. The van der Waals surface area contributed by atoms with Crippen LogP contribution in [0.5, 0.6) is 0 Å².